The van der Waals surface area contributed by atoms with E-state index in [-0.39, 0.29) is 0 Å². The van der Waals surface area contributed by atoms with E-state index in [0.717, 1.165) is 37.4 Å². The van der Waals surface area contributed by atoms with Crippen molar-refractivity contribution in [3.8, 4) is 0 Å². The van der Waals surface area contributed by atoms with E-state index in [1.807, 2.05) is 25.3 Å². The molecule has 0 radical (unpaired) electrons. The number of pyridine rings is 1. The van der Waals surface area contributed by atoms with Gasteiger partial charge >= 0.3 is 0 Å². The summed E-state index contributed by atoms with van der Waals surface area (Å²) in [6.07, 6.45) is 5.12. The summed E-state index contributed by atoms with van der Waals surface area (Å²) in [7, 11) is 0. The lowest BCUT2D eigenvalue weighted by atomic mass is 10.2. The maximum Gasteiger partial charge on any atom is 0.223 e. The second-order valence-electron chi connectivity index (χ2n) is 4.94. The molecular weight excluding hydrogens is 240 g/mol. The fraction of sp³-hybridized carbons (Fsp3) is 0.500. The fourth-order valence-corrected chi connectivity index (χ4v) is 2.64. The molecule has 0 aromatic carbocycles. The molecule has 0 amide bonds. The molecule has 2 aromatic rings. The lowest BCUT2D eigenvalue weighted by Crippen LogP contribution is -2.26. The minimum atomic E-state index is 0.307. The molecule has 5 nitrogen and oxygen atoms in total. The van der Waals surface area contributed by atoms with Crippen LogP contribution in [0.15, 0.2) is 28.9 Å². The van der Waals surface area contributed by atoms with E-state index in [1.165, 1.54) is 6.42 Å². The van der Waals surface area contributed by atoms with Crippen LogP contribution in [-0.4, -0.2) is 33.1 Å². The van der Waals surface area contributed by atoms with Gasteiger partial charge in [-0.15, -0.1) is 0 Å². The Morgan fingerprint density at radius 1 is 1.42 bits per heavy atom. The summed E-state index contributed by atoms with van der Waals surface area (Å²) >= 11 is 0. The van der Waals surface area contributed by atoms with E-state index in [9.17, 15) is 0 Å². The van der Waals surface area contributed by atoms with E-state index >= 15 is 0 Å². The van der Waals surface area contributed by atoms with Crippen LogP contribution in [0.1, 0.15) is 36.3 Å². The first kappa shape index (κ1) is 12.3. The molecule has 3 heterocycles. The van der Waals surface area contributed by atoms with Crippen molar-refractivity contribution >= 4 is 0 Å². The van der Waals surface area contributed by atoms with E-state index in [4.69, 9.17) is 4.52 Å². The molecule has 0 aliphatic carbocycles. The Hall–Kier alpha value is -1.75. The molecule has 5 heteroatoms. The van der Waals surface area contributed by atoms with Gasteiger partial charge in [0.1, 0.15) is 0 Å². The maximum atomic E-state index is 5.09. The largest absolute Gasteiger partial charge is 0.340 e. The van der Waals surface area contributed by atoms with Crippen molar-refractivity contribution in [3.05, 3.63) is 41.8 Å². The number of rotatable bonds is 4. The van der Waals surface area contributed by atoms with Gasteiger partial charge in [0.05, 0.1) is 6.04 Å². The van der Waals surface area contributed by atoms with Gasteiger partial charge in [0.15, 0.2) is 5.82 Å². The van der Waals surface area contributed by atoms with Gasteiger partial charge < -0.3 is 4.52 Å². The molecular formula is C14H18N4O. The number of hydrogen-bond donors (Lipinski definition) is 0. The van der Waals surface area contributed by atoms with Crippen LogP contribution in [-0.2, 0) is 6.42 Å². The second-order valence-corrected chi connectivity index (χ2v) is 4.94. The van der Waals surface area contributed by atoms with Crippen LogP contribution in [0.3, 0.4) is 0 Å². The highest BCUT2D eigenvalue weighted by atomic mass is 16.5. The Balaban J connectivity index is 1.64. The lowest BCUT2D eigenvalue weighted by molar-refractivity contribution is 0.244. The summed E-state index contributed by atoms with van der Waals surface area (Å²) in [5.74, 6) is 1.47. The third-order valence-corrected chi connectivity index (χ3v) is 3.59. The van der Waals surface area contributed by atoms with Crippen LogP contribution in [0, 0.1) is 6.92 Å². The van der Waals surface area contributed by atoms with Crippen molar-refractivity contribution in [2.45, 2.75) is 32.2 Å². The predicted octanol–water partition coefficient (Wildman–Crippen LogP) is 2.15. The van der Waals surface area contributed by atoms with Crippen LogP contribution in [0.5, 0.6) is 0 Å². The lowest BCUT2D eigenvalue weighted by Gasteiger charge is -2.21. The van der Waals surface area contributed by atoms with Crippen molar-refractivity contribution in [2.24, 2.45) is 0 Å². The van der Waals surface area contributed by atoms with Crippen molar-refractivity contribution in [1.29, 1.82) is 0 Å². The van der Waals surface area contributed by atoms with Crippen LogP contribution in [0.4, 0.5) is 0 Å². The van der Waals surface area contributed by atoms with Gasteiger partial charge in [-0.2, -0.15) is 4.98 Å². The van der Waals surface area contributed by atoms with Crippen LogP contribution in [0.2, 0.25) is 0 Å². The molecule has 0 saturated carbocycles. The predicted molar refractivity (Wildman–Crippen MR) is 70.5 cm³/mol. The third-order valence-electron chi connectivity index (χ3n) is 3.59. The topological polar surface area (TPSA) is 55.1 Å². The van der Waals surface area contributed by atoms with Crippen molar-refractivity contribution < 1.29 is 4.52 Å². The molecule has 0 N–H and O–H groups in total. The highest BCUT2D eigenvalue weighted by molar-refractivity contribution is 5.05. The summed E-state index contributed by atoms with van der Waals surface area (Å²) in [5.41, 5.74) is 1.14. The smallest absolute Gasteiger partial charge is 0.223 e. The fourth-order valence-electron chi connectivity index (χ4n) is 2.64. The van der Waals surface area contributed by atoms with E-state index < -0.39 is 0 Å². The van der Waals surface area contributed by atoms with Crippen LogP contribution >= 0.6 is 0 Å². The molecule has 1 saturated heterocycles. The Morgan fingerprint density at radius 3 is 3.11 bits per heavy atom. The minimum absolute atomic E-state index is 0.307. The monoisotopic (exact) mass is 258 g/mol. The first-order valence-electron chi connectivity index (χ1n) is 6.77. The van der Waals surface area contributed by atoms with Gasteiger partial charge in [-0.25, -0.2) is 0 Å². The molecule has 19 heavy (non-hydrogen) atoms. The minimum Gasteiger partial charge on any atom is -0.340 e. The van der Waals surface area contributed by atoms with E-state index in [1.54, 1.807) is 0 Å². The molecule has 3 rings (SSSR count). The van der Waals surface area contributed by atoms with Gasteiger partial charge in [0, 0.05) is 31.8 Å². The number of aryl methyl sites for hydroxylation is 1. The summed E-state index contributed by atoms with van der Waals surface area (Å²) in [5, 5.41) is 4.06. The van der Waals surface area contributed by atoms with E-state index in [2.05, 4.69) is 26.1 Å². The summed E-state index contributed by atoms with van der Waals surface area (Å²) in [6.45, 7) is 3.93. The SMILES string of the molecule is Cc1nc([C@H]2CCCN2CCc2ccccn2)no1. The Labute approximate surface area is 112 Å². The maximum absolute atomic E-state index is 5.09. The van der Waals surface area contributed by atoms with Crippen molar-refractivity contribution in [1.82, 2.24) is 20.0 Å². The number of hydrogen-bond acceptors (Lipinski definition) is 5. The quantitative estimate of drug-likeness (QED) is 0.841. The zero-order chi connectivity index (χ0) is 13.1. The zero-order valence-corrected chi connectivity index (χ0v) is 11.1. The highest BCUT2D eigenvalue weighted by Gasteiger charge is 2.29. The van der Waals surface area contributed by atoms with Gasteiger partial charge in [0.2, 0.25) is 5.89 Å². The van der Waals surface area contributed by atoms with Crippen LogP contribution < -0.4 is 0 Å². The second kappa shape index (κ2) is 5.48. The molecule has 0 bridgehead atoms. The molecule has 1 aliphatic rings. The van der Waals surface area contributed by atoms with E-state index in [0.29, 0.717) is 11.9 Å². The van der Waals surface area contributed by atoms with Crippen molar-refractivity contribution in [3.63, 3.8) is 0 Å². The average Bonchev–Trinajstić information content (AvgIpc) is 3.06. The molecule has 0 spiro atoms. The Kier molecular flexibility index (Phi) is 3.55. The third kappa shape index (κ3) is 2.81. The average molecular weight is 258 g/mol. The Bertz CT molecular complexity index is 525. The summed E-state index contributed by atoms with van der Waals surface area (Å²) in [4.78, 5) is 11.2. The van der Waals surface area contributed by atoms with Crippen molar-refractivity contribution in [2.75, 3.05) is 13.1 Å². The first-order valence-corrected chi connectivity index (χ1v) is 6.77. The van der Waals surface area contributed by atoms with Gasteiger partial charge in [-0.1, -0.05) is 11.2 Å². The first-order chi connectivity index (χ1) is 9.33. The Morgan fingerprint density at radius 2 is 2.37 bits per heavy atom. The zero-order valence-electron chi connectivity index (χ0n) is 11.1. The standard InChI is InChI=1S/C14H18N4O/c1-11-16-14(17-19-11)13-6-4-9-18(13)10-7-12-5-2-3-8-15-12/h2-3,5,8,13H,4,6-7,9-10H2,1H3/t13-/m1/s1. The molecule has 2 aromatic heterocycles. The number of likely N-dealkylation sites (tertiary alicyclic amines) is 1. The molecule has 1 aliphatic heterocycles. The normalized spacial score (nSPS) is 19.9. The number of aromatic nitrogens is 3. The van der Waals surface area contributed by atoms with Gasteiger partial charge in [-0.05, 0) is 31.5 Å². The molecule has 100 valence electrons. The summed E-state index contributed by atoms with van der Waals surface area (Å²) < 4.78 is 5.09. The van der Waals surface area contributed by atoms with Gasteiger partial charge in [-0.3, -0.25) is 9.88 Å². The van der Waals surface area contributed by atoms with Crippen LogP contribution in [0.25, 0.3) is 0 Å². The number of nitrogens with zero attached hydrogens (tertiary/aromatic N) is 4. The van der Waals surface area contributed by atoms with Gasteiger partial charge in [0.25, 0.3) is 0 Å². The molecule has 1 fully saturated rings. The molecule has 0 unspecified atom stereocenters. The summed E-state index contributed by atoms with van der Waals surface area (Å²) in [6, 6.07) is 6.36. The molecule has 1 atom stereocenters. The highest BCUT2D eigenvalue weighted by Crippen LogP contribution is 2.29.